The zero-order chi connectivity index (χ0) is 15.5. The molecule has 0 radical (unpaired) electrons. The molecule has 0 unspecified atom stereocenters. The zero-order valence-electron chi connectivity index (χ0n) is 12.6. The second kappa shape index (κ2) is 6.67. The van der Waals surface area contributed by atoms with Crippen molar-refractivity contribution < 1.29 is 14.6 Å². The molecule has 0 spiro atoms. The molecule has 2 rings (SSSR count). The minimum Gasteiger partial charge on any atom is -0.484 e. The van der Waals surface area contributed by atoms with Crippen LogP contribution in [-0.2, 0) is 4.79 Å². The highest BCUT2D eigenvalue weighted by Gasteiger charge is 2.33. The van der Waals surface area contributed by atoms with Gasteiger partial charge in [0.05, 0.1) is 5.60 Å². The number of benzene rings is 1. The highest BCUT2D eigenvalue weighted by molar-refractivity contribution is 6.31. The van der Waals surface area contributed by atoms with Gasteiger partial charge in [-0.15, -0.1) is 0 Å². The van der Waals surface area contributed by atoms with Gasteiger partial charge in [0.1, 0.15) is 5.75 Å². The predicted molar refractivity (Wildman–Crippen MR) is 82.7 cm³/mol. The fraction of sp³-hybridized carbons (Fsp3) is 0.562. The van der Waals surface area contributed by atoms with Crippen LogP contribution < -0.4 is 4.74 Å². The van der Waals surface area contributed by atoms with E-state index in [1.807, 2.05) is 6.92 Å². The highest BCUT2D eigenvalue weighted by Crippen LogP contribution is 2.30. The number of likely N-dealkylation sites (N-methyl/N-ethyl adjacent to an activating group) is 1. The number of carbonyl (C=O) groups excluding carboxylic acids is 1. The normalized spacial score (nSPS) is 16.8. The topological polar surface area (TPSA) is 49.8 Å². The second-order valence-corrected chi connectivity index (χ2v) is 6.29. The summed E-state index contributed by atoms with van der Waals surface area (Å²) in [5.41, 5.74) is 0.191. The minimum atomic E-state index is -0.721. The zero-order valence-corrected chi connectivity index (χ0v) is 13.3. The number of nitrogens with zero attached hydrogens (tertiary/aromatic N) is 1. The molecule has 0 aromatic heterocycles. The van der Waals surface area contributed by atoms with Crippen molar-refractivity contribution in [3.8, 4) is 5.75 Å². The van der Waals surface area contributed by atoms with Crippen molar-refractivity contribution >= 4 is 17.5 Å². The number of aliphatic hydroxyl groups is 1. The Morgan fingerprint density at radius 2 is 2.10 bits per heavy atom. The monoisotopic (exact) mass is 311 g/mol. The molecule has 21 heavy (non-hydrogen) atoms. The van der Waals surface area contributed by atoms with E-state index in [1.165, 1.54) is 0 Å². The Morgan fingerprint density at radius 3 is 2.71 bits per heavy atom. The van der Waals surface area contributed by atoms with Crippen molar-refractivity contribution in [3.63, 3.8) is 0 Å². The molecule has 1 aliphatic rings. The Labute approximate surface area is 130 Å². The first-order chi connectivity index (χ1) is 9.89. The van der Waals surface area contributed by atoms with E-state index in [1.54, 1.807) is 30.1 Å². The van der Waals surface area contributed by atoms with Crippen molar-refractivity contribution in [2.75, 3.05) is 20.2 Å². The summed E-state index contributed by atoms with van der Waals surface area (Å²) in [6.07, 6.45) is 3.59. The lowest BCUT2D eigenvalue weighted by Crippen LogP contribution is -2.43. The van der Waals surface area contributed by atoms with E-state index in [2.05, 4.69) is 0 Å². The van der Waals surface area contributed by atoms with Crippen molar-refractivity contribution in [1.82, 2.24) is 4.90 Å². The molecule has 4 nitrogen and oxygen atoms in total. The molecule has 0 heterocycles. The van der Waals surface area contributed by atoms with Gasteiger partial charge in [0.25, 0.3) is 5.91 Å². The summed E-state index contributed by atoms with van der Waals surface area (Å²) in [7, 11) is 1.70. The van der Waals surface area contributed by atoms with Gasteiger partial charge in [-0.3, -0.25) is 4.79 Å². The van der Waals surface area contributed by atoms with Crippen LogP contribution in [0, 0.1) is 6.92 Å². The molecule has 1 saturated carbocycles. The molecule has 1 amide bonds. The van der Waals surface area contributed by atoms with Crippen LogP contribution in [0.4, 0.5) is 0 Å². The fourth-order valence-corrected chi connectivity index (χ4v) is 2.80. The summed E-state index contributed by atoms with van der Waals surface area (Å²) in [6.45, 7) is 2.22. The van der Waals surface area contributed by atoms with Crippen LogP contribution in [0.15, 0.2) is 18.2 Å². The van der Waals surface area contributed by atoms with Gasteiger partial charge in [-0.1, -0.05) is 24.4 Å². The molecule has 116 valence electrons. The van der Waals surface area contributed by atoms with Gasteiger partial charge < -0.3 is 14.7 Å². The second-order valence-electron chi connectivity index (χ2n) is 5.88. The molecule has 1 aromatic rings. The van der Waals surface area contributed by atoms with Crippen molar-refractivity contribution in [3.05, 3.63) is 28.8 Å². The fourth-order valence-electron chi connectivity index (χ4n) is 2.68. The van der Waals surface area contributed by atoms with Crippen LogP contribution in [0.2, 0.25) is 5.02 Å². The Kier molecular flexibility index (Phi) is 5.12. The molecular weight excluding hydrogens is 290 g/mol. The Hall–Kier alpha value is -1.26. The molecule has 0 bridgehead atoms. The summed E-state index contributed by atoms with van der Waals surface area (Å²) in [5, 5.41) is 11.0. The van der Waals surface area contributed by atoms with Gasteiger partial charge in [-0.25, -0.2) is 0 Å². The first-order valence-corrected chi connectivity index (χ1v) is 7.63. The molecule has 0 atom stereocenters. The SMILES string of the molecule is Cc1cc(OCC(=O)N(C)CC2(O)CCCC2)ccc1Cl. The van der Waals surface area contributed by atoms with E-state index in [4.69, 9.17) is 16.3 Å². The van der Waals surface area contributed by atoms with Gasteiger partial charge in [0, 0.05) is 18.6 Å². The molecule has 0 saturated heterocycles. The number of ether oxygens (including phenoxy) is 1. The van der Waals surface area contributed by atoms with E-state index >= 15 is 0 Å². The summed E-state index contributed by atoms with van der Waals surface area (Å²) >= 11 is 5.95. The van der Waals surface area contributed by atoms with Crippen LogP contribution in [0.5, 0.6) is 5.75 Å². The van der Waals surface area contributed by atoms with Crippen LogP contribution in [0.25, 0.3) is 0 Å². The maximum Gasteiger partial charge on any atom is 0.260 e. The number of carbonyl (C=O) groups is 1. The number of amides is 1. The molecule has 1 N–H and O–H groups in total. The van der Waals surface area contributed by atoms with Gasteiger partial charge in [0.15, 0.2) is 6.61 Å². The predicted octanol–water partition coefficient (Wildman–Crippen LogP) is 2.79. The summed E-state index contributed by atoms with van der Waals surface area (Å²) < 4.78 is 5.49. The third-order valence-electron chi connectivity index (χ3n) is 3.98. The van der Waals surface area contributed by atoms with Gasteiger partial charge >= 0.3 is 0 Å². The first-order valence-electron chi connectivity index (χ1n) is 7.25. The maximum absolute atomic E-state index is 12.1. The first kappa shape index (κ1) is 16.1. The van der Waals surface area contributed by atoms with Crippen LogP contribution in [0.1, 0.15) is 31.2 Å². The Morgan fingerprint density at radius 1 is 1.43 bits per heavy atom. The smallest absolute Gasteiger partial charge is 0.260 e. The molecule has 1 aromatic carbocycles. The number of halogens is 1. The van der Waals surface area contributed by atoms with Gasteiger partial charge in [-0.2, -0.15) is 0 Å². The largest absolute Gasteiger partial charge is 0.484 e. The lowest BCUT2D eigenvalue weighted by atomic mass is 10.0. The Balaban J connectivity index is 1.84. The lowest BCUT2D eigenvalue weighted by molar-refractivity contribution is -0.135. The Bertz CT molecular complexity index is 512. The van der Waals surface area contributed by atoms with E-state index in [0.717, 1.165) is 31.2 Å². The van der Waals surface area contributed by atoms with E-state index < -0.39 is 5.60 Å². The molecule has 1 fully saturated rings. The standard InChI is InChI=1S/C16H22ClNO3/c1-12-9-13(5-6-14(12)17)21-10-15(19)18(2)11-16(20)7-3-4-8-16/h5-6,9,20H,3-4,7-8,10-11H2,1-2H3. The van der Waals surface area contributed by atoms with Crippen LogP contribution in [0.3, 0.4) is 0 Å². The number of hydrogen-bond acceptors (Lipinski definition) is 3. The molecule has 0 aliphatic heterocycles. The molecular formula is C16H22ClNO3. The lowest BCUT2D eigenvalue weighted by Gasteiger charge is -2.28. The average Bonchev–Trinajstić information content (AvgIpc) is 2.86. The van der Waals surface area contributed by atoms with Crippen molar-refractivity contribution in [2.24, 2.45) is 0 Å². The third kappa shape index (κ3) is 4.35. The van der Waals surface area contributed by atoms with E-state index in [0.29, 0.717) is 17.3 Å². The van der Waals surface area contributed by atoms with Crippen LogP contribution >= 0.6 is 11.6 Å². The maximum atomic E-state index is 12.1. The molecule has 5 heteroatoms. The summed E-state index contributed by atoms with van der Waals surface area (Å²) in [5.74, 6) is 0.487. The van der Waals surface area contributed by atoms with Crippen LogP contribution in [-0.4, -0.2) is 41.7 Å². The van der Waals surface area contributed by atoms with E-state index in [9.17, 15) is 9.90 Å². The van der Waals surface area contributed by atoms with Crippen molar-refractivity contribution in [2.45, 2.75) is 38.2 Å². The minimum absolute atomic E-state index is 0.0341. The van der Waals surface area contributed by atoms with Gasteiger partial charge in [0.2, 0.25) is 0 Å². The summed E-state index contributed by atoms with van der Waals surface area (Å²) in [4.78, 5) is 13.6. The van der Waals surface area contributed by atoms with Gasteiger partial charge in [-0.05, 0) is 43.5 Å². The highest BCUT2D eigenvalue weighted by atomic mass is 35.5. The number of hydrogen-bond donors (Lipinski definition) is 1. The number of aryl methyl sites for hydroxylation is 1. The number of rotatable bonds is 5. The summed E-state index contributed by atoms with van der Waals surface area (Å²) in [6, 6.07) is 5.30. The quantitative estimate of drug-likeness (QED) is 0.909. The average molecular weight is 312 g/mol. The molecule has 1 aliphatic carbocycles. The van der Waals surface area contributed by atoms with E-state index in [-0.39, 0.29) is 12.5 Å². The van der Waals surface area contributed by atoms with Crippen molar-refractivity contribution in [1.29, 1.82) is 0 Å². The third-order valence-corrected chi connectivity index (χ3v) is 4.41.